The third-order valence-corrected chi connectivity index (χ3v) is 5.24. The molecule has 1 aromatic heterocycles. The average Bonchev–Trinajstić information content (AvgIpc) is 3.05. The van der Waals surface area contributed by atoms with Gasteiger partial charge < -0.3 is 4.90 Å². The van der Waals surface area contributed by atoms with Crippen molar-refractivity contribution in [1.82, 2.24) is 0 Å². The van der Waals surface area contributed by atoms with Gasteiger partial charge in [0.2, 0.25) is 0 Å². The normalized spacial score (nSPS) is 11.1. The number of halogens is 1. The molecule has 0 bridgehead atoms. The van der Waals surface area contributed by atoms with E-state index in [2.05, 4.69) is 0 Å². The van der Waals surface area contributed by atoms with Crippen molar-refractivity contribution >= 4 is 43.8 Å². The Kier molecular flexibility index (Phi) is 3.54. The molecule has 0 spiro atoms. The molecule has 0 saturated carbocycles. The van der Waals surface area contributed by atoms with Crippen LogP contribution in [0.4, 0.5) is 10.1 Å². The molecule has 0 radical (unpaired) electrons. The van der Waals surface area contributed by atoms with Crippen LogP contribution in [0.5, 0.6) is 0 Å². The standard InChI is InChI=1S/C20H14FNOS/c1-22(17-10-4-7-13-6-2-3-8-14(13)17)20(23)19-12-15-16(21)9-5-11-18(15)24-19/h2-12H,1H3. The number of carbonyl (C=O) groups is 1. The zero-order chi connectivity index (χ0) is 16.7. The highest BCUT2D eigenvalue weighted by Crippen LogP contribution is 2.31. The van der Waals surface area contributed by atoms with Gasteiger partial charge in [-0.05, 0) is 29.7 Å². The fourth-order valence-corrected chi connectivity index (χ4v) is 3.96. The molecule has 0 fully saturated rings. The first-order chi connectivity index (χ1) is 11.6. The summed E-state index contributed by atoms with van der Waals surface area (Å²) in [5.41, 5.74) is 0.844. The second kappa shape index (κ2) is 5.73. The Morgan fingerprint density at radius 3 is 2.54 bits per heavy atom. The number of amides is 1. The van der Waals surface area contributed by atoms with E-state index in [0.717, 1.165) is 21.2 Å². The Morgan fingerprint density at radius 2 is 1.71 bits per heavy atom. The van der Waals surface area contributed by atoms with Gasteiger partial charge in [0.25, 0.3) is 5.91 Å². The molecule has 3 aromatic carbocycles. The van der Waals surface area contributed by atoms with Crippen LogP contribution >= 0.6 is 11.3 Å². The monoisotopic (exact) mass is 335 g/mol. The number of benzene rings is 3. The summed E-state index contributed by atoms with van der Waals surface area (Å²) in [5.74, 6) is -0.428. The summed E-state index contributed by atoms with van der Waals surface area (Å²) in [6, 6.07) is 20.4. The van der Waals surface area contributed by atoms with Crippen LogP contribution in [0.2, 0.25) is 0 Å². The molecular formula is C20H14FNOS. The number of rotatable bonds is 2. The van der Waals surface area contributed by atoms with Crippen molar-refractivity contribution in [2.75, 3.05) is 11.9 Å². The lowest BCUT2D eigenvalue weighted by Crippen LogP contribution is -2.25. The summed E-state index contributed by atoms with van der Waals surface area (Å²) in [6.45, 7) is 0. The summed E-state index contributed by atoms with van der Waals surface area (Å²) in [7, 11) is 1.75. The summed E-state index contributed by atoms with van der Waals surface area (Å²) in [5, 5.41) is 2.59. The molecule has 0 unspecified atom stereocenters. The van der Waals surface area contributed by atoms with Crippen molar-refractivity contribution < 1.29 is 9.18 Å². The lowest BCUT2D eigenvalue weighted by Gasteiger charge is -2.18. The first-order valence-corrected chi connectivity index (χ1v) is 8.41. The number of anilines is 1. The number of carbonyl (C=O) groups excluding carboxylic acids is 1. The van der Waals surface area contributed by atoms with Crippen LogP contribution in [-0.4, -0.2) is 13.0 Å². The molecule has 0 aliphatic heterocycles. The molecule has 4 aromatic rings. The average molecular weight is 335 g/mol. The highest BCUT2D eigenvalue weighted by Gasteiger charge is 2.18. The van der Waals surface area contributed by atoms with E-state index in [4.69, 9.17) is 0 Å². The van der Waals surface area contributed by atoms with E-state index < -0.39 is 0 Å². The highest BCUT2D eigenvalue weighted by atomic mass is 32.1. The maximum Gasteiger partial charge on any atom is 0.268 e. The van der Waals surface area contributed by atoms with Gasteiger partial charge in [-0.25, -0.2) is 4.39 Å². The minimum Gasteiger partial charge on any atom is -0.310 e. The molecule has 24 heavy (non-hydrogen) atoms. The number of hydrogen-bond acceptors (Lipinski definition) is 2. The van der Waals surface area contributed by atoms with Crippen molar-refractivity contribution in [2.45, 2.75) is 0 Å². The Hall–Kier alpha value is -2.72. The van der Waals surface area contributed by atoms with Gasteiger partial charge in [-0.2, -0.15) is 0 Å². The molecule has 1 amide bonds. The van der Waals surface area contributed by atoms with Crippen molar-refractivity contribution in [3.8, 4) is 0 Å². The predicted molar refractivity (Wildman–Crippen MR) is 98.5 cm³/mol. The van der Waals surface area contributed by atoms with E-state index in [9.17, 15) is 9.18 Å². The SMILES string of the molecule is CN(C(=O)c1cc2c(F)cccc2s1)c1cccc2ccccc12. The van der Waals surface area contributed by atoms with Gasteiger partial charge in [0.15, 0.2) is 0 Å². The Labute approximate surface area is 142 Å². The summed E-state index contributed by atoms with van der Waals surface area (Å²) < 4.78 is 14.7. The van der Waals surface area contributed by atoms with E-state index >= 15 is 0 Å². The van der Waals surface area contributed by atoms with Gasteiger partial charge >= 0.3 is 0 Å². The van der Waals surface area contributed by atoms with Gasteiger partial charge in [-0.15, -0.1) is 11.3 Å². The van der Waals surface area contributed by atoms with Crippen molar-refractivity contribution in [3.05, 3.63) is 77.4 Å². The zero-order valence-electron chi connectivity index (χ0n) is 13.0. The van der Waals surface area contributed by atoms with E-state index in [1.165, 1.54) is 17.4 Å². The molecular weight excluding hydrogens is 321 g/mol. The predicted octanol–water partition coefficient (Wildman–Crippen LogP) is 5.47. The third-order valence-electron chi connectivity index (χ3n) is 4.15. The lowest BCUT2D eigenvalue weighted by atomic mass is 10.1. The maximum absolute atomic E-state index is 13.9. The Balaban J connectivity index is 1.79. The maximum atomic E-state index is 13.9. The van der Waals surface area contributed by atoms with E-state index in [-0.39, 0.29) is 11.7 Å². The summed E-state index contributed by atoms with van der Waals surface area (Å²) >= 11 is 1.32. The summed E-state index contributed by atoms with van der Waals surface area (Å²) in [6.07, 6.45) is 0. The largest absolute Gasteiger partial charge is 0.310 e. The minimum atomic E-state index is -0.296. The molecule has 4 heteroatoms. The van der Waals surface area contributed by atoms with Crippen LogP contribution < -0.4 is 4.90 Å². The first-order valence-electron chi connectivity index (χ1n) is 7.59. The van der Waals surface area contributed by atoms with Crippen LogP contribution in [-0.2, 0) is 0 Å². The minimum absolute atomic E-state index is 0.132. The van der Waals surface area contributed by atoms with Crippen LogP contribution in [0.3, 0.4) is 0 Å². The van der Waals surface area contributed by atoms with Gasteiger partial charge in [0.05, 0.1) is 10.6 Å². The molecule has 0 N–H and O–H groups in total. The molecule has 1 heterocycles. The molecule has 0 saturated heterocycles. The fraction of sp³-hybridized carbons (Fsp3) is 0.0500. The molecule has 0 atom stereocenters. The highest BCUT2D eigenvalue weighted by molar-refractivity contribution is 7.20. The van der Waals surface area contributed by atoms with Crippen LogP contribution in [0.25, 0.3) is 20.9 Å². The second-order valence-corrected chi connectivity index (χ2v) is 6.71. The van der Waals surface area contributed by atoms with Crippen LogP contribution in [0.1, 0.15) is 9.67 Å². The van der Waals surface area contributed by atoms with Crippen molar-refractivity contribution in [2.24, 2.45) is 0 Å². The van der Waals surface area contributed by atoms with Crippen LogP contribution in [0, 0.1) is 5.82 Å². The third kappa shape index (κ3) is 2.36. The summed E-state index contributed by atoms with van der Waals surface area (Å²) in [4.78, 5) is 15.0. The second-order valence-electron chi connectivity index (χ2n) is 5.62. The molecule has 0 aliphatic carbocycles. The fourth-order valence-electron chi connectivity index (χ4n) is 2.91. The quantitative estimate of drug-likeness (QED) is 0.476. The Morgan fingerprint density at radius 1 is 0.958 bits per heavy atom. The smallest absolute Gasteiger partial charge is 0.268 e. The molecule has 0 aliphatic rings. The number of hydrogen-bond donors (Lipinski definition) is 0. The number of fused-ring (bicyclic) bond motifs is 2. The van der Waals surface area contributed by atoms with Gasteiger partial charge in [-0.3, -0.25) is 4.79 Å². The number of nitrogens with zero attached hydrogens (tertiary/aromatic N) is 1. The zero-order valence-corrected chi connectivity index (χ0v) is 13.8. The van der Waals surface area contributed by atoms with Gasteiger partial charge in [-0.1, -0.05) is 42.5 Å². The van der Waals surface area contributed by atoms with E-state index in [1.54, 1.807) is 24.1 Å². The Bertz CT molecular complexity index is 1060. The van der Waals surface area contributed by atoms with Gasteiger partial charge in [0, 0.05) is 22.5 Å². The first kappa shape index (κ1) is 14.8. The van der Waals surface area contributed by atoms with E-state index in [0.29, 0.717) is 10.3 Å². The lowest BCUT2D eigenvalue weighted by molar-refractivity contribution is 0.0997. The molecule has 4 rings (SSSR count). The van der Waals surface area contributed by atoms with Crippen molar-refractivity contribution in [1.29, 1.82) is 0 Å². The molecule has 118 valence electrons. The van der Waals surface area contributed by atoms with Gasteiger partial charge in [0.1, 0.15) is 5.82 Å². The number of thiophene rings is 1. The topological polar surface area (TPSA) is 20.3 Å². The van der Waals surface area contributed by atoms with Crippen LogP contribution in [0.15, 0.2) is 66.7 Å². The van der Waals surface area contributed by atoms with E-state index in [1.807, 2.05) is 48.5 Å². The van der Waals surface area contributed by atoms with Crippen molar-refractivity contribution in [3.63, 3.8) is 0 Å². The molecule has 2 nitrogen and oxygen atoms in total.